The van der Waals surface area contributed by atoms with Gasteiger partial charge in [-0.3, -0.25) is 0 Å². The third kappa shape index (κ3) is 1.58. The van der Waals surface area contributed by atoms with Crippen LogP contribution in [0.15, 0.2) is 30.3 Å². The first kappa shape index (κ1) is 5.93. The van der Waals surface area contributed by atoms with Crippen LogP contribution in [0, 0.1) is 0 Å². The van der Waals surface area contributed by atoms with Crippen molar-refractivity contribution >= 4 is 0 Å². The van der Waals surface area contributed by atoms with Gasteiger partial charge in [-0.25, -0.2) is 0 Å². The molecular weight excluding hydrogens is 124 g/mol. The molecule has 0 bridgehead atoms. The molecule has 54 valence electrons. The fourth-order valence-corrected chi connectivity index (χ4v) is 0.843. The molecule has 0 aliphatic heterocycles. The lowest BCUT2D eigenvalue weighted by Gasteiger charge is -2.05. The number of aliphatic hydroxyl groups is 1. The maximum absolute atomic E-state index is 8.94. The quantitative estimate of drug-likeness (QED) is 0.658. The summed E-state index contributed by atoms with van der Waals surface area (Å²) in [7, 11) is 0. The van der Waals surface area contributed by atoms with Gasteiger partial charge < -0.3 is 5.11 Å². The van der Waals surface area contributed by atoms with E-state index >= 15 is 0 Å². The minimum absolute atomic E-state index is 0.101. The van der Waals surface area contributed by atoms with Gasteiger partial charge in [0, 0.05) is 12.5 Å². The van der Waals surface area contributed by atoms with Crippen molar-refractivity contribution in [1.82, 2.24) is 0 Å². The maximum Gasteiger partial charge on any atom is 0.0570 e. The molecule has 1 N–H and O–H groups in total. The highest BCUT2D eigenvalue weighted by atomic mass is 16.3. The second kappa shape index (κ2) is 3.37. The summed E-state index contributed by atoms with van der Waals surface area (Å²) in [6.07, 6.45) is 0. The standard InChI is InChI=1S/C9H12O/c1-8(7-10)9-5-3-2-4-6-9/h2-6,8,10H,7H2,1H3/t8-/m1/s1/i7D/t7-,8-. The molecule has 0 amide bonds. The molecule has 1 heteroatoms. The minimum Gasteiger partial charge on any atom is -0.396 e. The van der Waals surface area contributed by atoms with Crippen LogP contribution >= 0.6 is 0 Å². The first-order valence-corrected chi connectivity index (χ1v) is 3.37. The maximum atomic E-state index is 8.94. The van der Waals surface area contributed by atoms with E-state index in [1.54, 1.807) is 0 Å². The molecule has 0 radical (unpaired) electrons. The minimum atomic E-state index is -1.02. The molecule has 0 heterocycles. The van der Waals surface area contributed by atoms with Crippen LogP contribution < -0.4 is 0 Å². The number of hydrogen-bond acceptors (Lipinski definition) is 1. The number of benzene rings is 1. The van der Waals surface area contributed by atoms with Gasteiger partial charge in [0.2, 0.25) is 0 Å². The normalized spacial score (nSPS) is 17.6. The molecule has 0 aliphatic carbocycles. The molecule has 0 saturated heterocycles. The molecule has 0 saturated carbocycles. The molecule has 2 atom stereocenters. The lowest BCUT2D eigenvalue weighted by molar-refractivity contribution is 0.273. The lowest BCUT2D eigenvalue weighted by atomic mass is 10.0. The zero-order valence-electron chi connectivity index (χ0n) is 6.99. The van der Waals surface area contributed by atoms with Crippen molar-refractivity contribution in [2.45, 2.75) is 12.8 Å². The second-order valence-electron chi connectivity index (χ2n) is 2.35. The van der Waals surface area contributed by atoms with Crippen LogP contribution in [-0.4, -0.2) is 11.7 Å². The van der Waals surface area contributed by atoms with Gasteiger partial charge in [0.1, 0.15) is 0 Å². The second-order valence-corrected chi connectivity index (χ2v) is 2.35. The van der Waals surface area contributed by atoms with E-state index in [9.17, 15) is 0 Å². The van der Waals surface area contributed by atoms with E-state index in [4.69, 9.17) is 6.48 Å². The fraction of sp³-hybridized carbons (Fsp3) is 0.333. The Kier molecular flexibility index (Phi) is 2.00. The largest absolute Gasteiger partial charge is 0.396 e. The summed E-state index contributed by atoms with van der Waals surface area (Å²) in [5.74, 6) is -0.101. The van der Waals surface area contributed by atoms with Gasteiger partial charge in [-0.1, -0.05) is 37.3 Å². The van der Waals surface area contributed by atoms with Crippen molar-refractivity contribution in [3.05, 3.63) is 35.9 Å². The third-order valence-corrected chi connectivity index (χ3v) is 1.55. The SMILES string of the molecule is [2H][C@@H](O)[C@@H](C)c1ccccc1. The Morgan fingerprint density at radius 1 is 1.50 bits per heavy atom. The van der Waals surface area contributed by atoms with Gasteiger partial charge in [-0.05, 0) is 5.56 Å². The molecule has 1 aromatic rings. The zero-order chi connectivity index (χ0) is 8.27. The van der Waals surface area contributed by atoms with Crippen molar-refractivity contribution < 1.29 is 6.48 Å². The predicted octanol–water partition coefficient (Wildman–Crippen LogP) is 1.78. The van der Waals surface area contributed by atoms with Crippen LogP contribution in [0.5, 0.6) is 0 Å². The molecule has 1 rings (SSSR count). The van der Waals surface area contributed by atoms with Crippen LogP contribution in [0.1, 0.15) is 19.8 Å². The zero-order valence-corrected chi connectivity index (χ0v) is 5.99. The highest BCUT2D eigenvalue weighted by Crippen LogP contribution is 2.12. The number of rotatable bonds is 2. The van der Waals surface area contributed by atoms with Gasteiger partial charge in [0.15, 0.2) is 0 Å². The van der Waals surface area contributed by atoms with Crippen molar-refractivity contribution in [3.8, 4) is 0 Å². The van der Waals surface area contributed by atoms with Crippen LogP contribution in [0.4, 0.5) is 0 Å². The average molecular weight is 137 g/mol. The van der Waals surface area contributed by atoms with Gasteiger partial charge in [0.05, 0.1) is 1.37 Å². The van der Waals surface area contributed by atoms with Gasteiger partial charge in [-0.15, -0.1) is 0 Å². The van der Waals surface area contributed by atoms with Crippen LogP contribution in [0.3, 0.4) is 0 Å². The van der Waals surface area contributed by atoms with E-state index in [-0.39, 0.29) is 5.92 Å². The Morgan fingerprint density at radius 2 is 2.10 bits per heavy atom. The number of hydrogen-bond donors (Lipinski definition) is 1. The van der Waals surface area contributed by atoms with E-state index in [1.165, 1.54) is 0 Å². The Hall–Kier alpha value is -0.820. The monoisotopic (exact) mass is 137 g/mol. The Morgan fingerprint density at radius 3 is 2.60 bits per heavy atom. The average Bonchev–Trinajstić information content (AvgIpc) is 2.05. The molecule has 0 unspecified atom stereocenters. The van der Waals surface area contributed by atoms with Crippen LogP contribution in [0.25, 0.3) is 0 Å². The van der Waals surface area contributed by atoms with Crippen molar-refractivity contribution in [2.75, 3.05) is 6.58 Å². The summed E-state index contributed by atoms with van der Waals surface area (Å²) in [4.78, 5) is 0. The summed E-state index contributed by atoms with van der Waals surface area (Å²) in [5.41, 5.74) is 1.01. The molecular formula is C9H12O. The summed E-state index contributed by atoms with van der Waals surface area (Å²) in [6, 6.07) is 9.58. The van der Waals surface area contributed by atoms with E-state index in [0.29, 0.717) is 0 Å². The number of aliphatic hydroxyl groups excluding tert-OH is 1. The fourth-order valence-electron chi connectivity index (χ4n) is 0.843. The van der Waals surface area contributed by atoms with Crippen LogP contribution in [0.2, 0.25) is 0 Å². The molecule has 10 heavy (non-hydrogen) atoms. The van der Waals surface area contributed by atoms with E-state index < -0.39 is 6.58 Å². The summed E-state index contributed by atoms with van der Waals surface area (Å²) in [6.45, 7) is 0.824. The predicted molar refractivity (Wildman–Crippen MR) is 41.9 cm³/mol. The summed E-state index contributed by atoms with van der Waals surface area (Å²) < 4.78 is 7.08. The van der Waals surface area contributed by atoms with E-state index in [0.717, 1.165) is 5.56 Å². The highest BCUT2D eigenvalue weighted by Gasteiger charge is 2.00. The molecule has 1 nitrogen and oxygen atoms in total. The van der Waals surface area contributed by atoms with E-state index in [1.807, 2.05) is 37.3 Å². The first-order chi connectivity index (χ1) is 5.22. The Labute approximate surface area is 62.7 Å². The molecule has 0 spiro atoms. The van der Waals surface area contributed by atoms with Gasteiger partial charge in [-0.2, -0.15) is 0 Å². The summed E-state index contributed by atoms with van der Waals surface area (Å²) >= 11 is 0. The molecule has 0 aliphatic rings. The van der Waals surface area contributed by atoms with Crippen molar-refractivity contribution in [2.24, 2.45) is 0 Å². The summed E-state index contributed by atoms with van der Waals surface area (Å²) in [5, 5.41) is 8.94. The van der Waals surface area contributed by atoms with Gasteiger partial charge >= 0.3 is 0 Å². The molecule has 0 fully saturated rings. The molecule has 1 aromatic carbocycles. The third-order valence-electron chi connectivity index (χ3n) is 1.55. The van der Waals surface area contributed by atoms with E-state index in [2.05, 4.69) is 0 Å². The lowest BCUT2D eigenvalue weighted by Crippen LogP contribution is -1.97. The highest BCUT2D eigenvalue weighted by molar-refractivity contribution is 5.18. The van der Waals surface area contributed by atoms with Gasteiger partial charge in [0.25, 0.3) is 0 Å². The van der Waals surface area contributed by atoms with Crippen molar-refractivity contribution in [1.29, 1.82) is 0 Å². The first-order valence-electron chi connectivity index (χ1n) is 3.95. The van der Waals surface area contributed by atoms with Crippen molar-refractivity contribution in [3.63, 3.8) is 0 Å². The Bertz CT molecular complexity index is 208. The Balaban J connectivity index is 2.77. The smallest absolute Gasteiger partial charge is 0.0570 e. The molecule has 0 aromatic heterocycles. The topological polar surface area (TPSA) is 20.2 Å². The van der Waals surface area contributed by atoms with Crippen LogP contribution in [-0.2, 0) is 0 Å².